The average Bonchev–Trinajstić information content (AvgIpc) is 3.07. The zero-order chi connectivity index (χ0) is 22.2. The molecule has 0 bridgehead atoms. The first-order chi connectivity index (χ1) is 15.0. The van der Waals surface area contributed by atoms with Crippen LogP contribution in [-0.4, -0.2) is 49.1 Å². The van der Waals surface area contributed by atoms with Crippen LogP contribution in [0.5, 0.6) is 5.75 Å². The van der Waals surface area contributed by atoms with E-state index in [1.165, 1.54) is 5.56 Å². The number of hydrogen-bond donors (Lipinski definition) is 2. The molecule has 0 unspecified atom stereocenters. The van der Waals surface area contributed by atoms with E-state index in [9.17, 15) is 0 Å². The van der Waals surface area contributed by atoms with E-state index in [0.29, 0.717) is 19.1 Å². The molecule has 0 spiro atoms. The van der Waals surface area contributed by atoms with Gasteiger partial charge >= 0.3 is 0 Å². The van der Waals surface area contributed by atoms with E-state index >= 15 is 0 Å². The summed E-state index contributed by atoms with van der Waals surface area (Å²) in [6.07, 6.45) is 2.32. The molecule has 2 heterocycles. The topological polar surface area (TPSA) is 74.9 Å². The van der Waals surface area contributed by atoms with Crippen LogP contribution in [0.4, 0.5) is 0 Å². The summed E-state index contributed by atoms with van der Waals surface area (Å²) >= 11 is 0. The summed E-state index contributed by atoms with van der Waals surface area (Å²) in [6, 6.07) is 6.32. The lowest BCUT2D eigenvalue weighted by Crippen LogP contribution is -2.42. The number of oxazole rings is 1. The SMILES string of the molecule is CCOc1cc(C)ccc1CNC(=NC)NCC1CCN(Cc2nc(C)c(C)o2)CC1. The minimum Gasteiger partial charge on any atom is -0.494 e. The highest BCUT2D eigenvalue weighted by Crippen LogP contribution is 2.21. The van der Waals surface area contributed by atoms with Gasteiger partial charge in [0.25, 0.3) is 0 Å². The second-order valence-electron chi connectivity index (χ2n) is 8.32. The molecule has 0 radical (unpaired) electrons. The Morgan fingerprint density at radius 2 is 2.00 bits per heavy atom. The number of piperidine rings is 1. The summed E-state index contributed by atoms with van der Waals surface area (Å²) < 4.78 is 11.5. The van der Waals surface area contributed by atoms with Crippen molar-refractivity contribution in [1.29, 1.82) is 0 Å². The van der Waals surface area contributed by atoms with Gasteiger partial charge in [0.15, 0.2) is 5.96 Å². The molecule has 1 aliphatic rings. The molecule has 0 amide bonds. The molecular formula is C24H37N5O2. The number of rotatable bonds is 8. The van der Waals surface area contributed by atoms with Gasteiger partial charge in [-0.2, -0.15) is 0 Å². The lowest BCUT2D eigenvalue weighted by atomic mass is 9.97. The van der Waals surface area contributed by atoms with Gasteiger partial charge in [0.05, 0.1) is 18.8 Å². The third-order valence-electron chi connectivity index (χ3n) is 5.89. The Bertz CT molecular complexity index is 849. The first-order valence-electron chi connectivity index (χ1n) is 11.3. The molecule has 0 saturated carbocycles. The summed E-state index contributed by atoms with van der Waals surface area (Å²) in [5, 5.41) is 6.92. The molecule has 0 atom stereocenters. The summed E-state index contributed by atoms with van der Waals surface area (Å²) in [5.41, 5.74) is 3.34. The van der Waals surface area contributed by atoms with Crippen LogP contribution >= 0.6 is 0 Å². The molecule has 2 aromatic rings. The molecule has 1 aromatic heterocycles. The van der Waals surface area contributed by atoms with Gasteiger partial charge in [-0.05, 0) is 71.2 Å². The lowest BCUT2D eigenvalue weighted by molar-refractivity contribution is 0.164. The lowest BCUT2D eigenvalue weighted by Gasteiger charge is -2.31. The maximum atomic E-state index is 5.78. The molecule has 0 aliphatic carbocycles. The van der Waals surface area contributed by atoms with Crippen LogP contribution in [0, 0.1) is 26.7 Å². The first kappa shape index (κ1) is 23.1. The van der Waals surface area contributed by atoms with E-state index in [4.69, 9.17) is 9.15 Å². The molecule has 3 rings (SSSR count). The number of nitrogens with one attached hydrogen (secondary N) is 2. The molecule has 7 nitrogen and oxygen atoms in total. The number of ether oxygens (including phenoxy) is 1. The third-order valence-corrected chi connectivity index (χ3v) is 5.89. The fraction of sp³-hybridized carbons (Fsp3) is 0.583. The predicted molar refractivity (Wildman–Crippen MR) is 125 cm³/mol. The third kappa shape index (κ3) is 6.72. The Labute approximate surface area is 186 Å². The van der Waals surface area contributed by atoms with Crippen molar-refractivity contribution in [2.45, 2.75) is 53.6 Å². The quantitative estimate of drug-likeness (QED) is 0.496. The smallest absolute Gasteiger partial charge is 0.208 e. The van der Waals surface area contributed by atoms with Gasteiger partial charge in [0, 0.05) is 25.7 Å². The minimum atomic E-state index is 0.640. The van der Waals surface area contributed by atoms with E-state index in [0.717, 1.165) is 73.6 Å². The van der Waals surface area contributed by atoms with Gasteiger partial charge in [-0.15, -0.1) is 0 Å². The van der Waals surface area contributed by atoms with E-state index in [1.807, 2.05) is 27.8 Å². The largest absolute Gasteiger partial charge is 0.494 e. The van der Waals surface area contributed by atoms with Gasteiger partial charge in [-0.1, -0.05) is 12.1 Å². The van der Waals surface area contributed by atoms with Crippen molar-refractivity contribution in [3.05, 3.63) is 46.7 Å². The molecule has 7 heteroatoms. The van der Waals surface area contributed by atoms with Crippen LogP contribution in [0.3, 0.4) is 0 Å². The van der Waals surface area contributed by atoms with Crippen LogP contribution in [0.2, 0.25) is 0 Å². The number of aliphatic imine (C=N–C) groups is 1. The zero-order valence-electron chi connectivity index (χ0n) is 19.6. The fourth-order valence-corrected chi connectivity index (χ4v) is 3.89. The van der Waals surface area contributed by atoms with Gasteiger partial charge in [0.1, 0.15) is 11.5 Å². The van der Waals surface area contributed by atoms with Gasteiger partial charge in [-0.3, -0.25) is 9.89 Å². The van der Waals surface area contributed by atoms with Gasteiger partial charge in [0.2, 0.25) is 5.89 Å². The molecule has 31 heavy (non-hydrogen) atoms. The monoisotopic (exact) mass is 427 g/mol. The number of aromatic nitrogens is 1. The molecule has 1 aliphatic heterocycles. The van der Waals surface area contributed by atoms with Crippen molar-refractivity contribution >= 4 is 5.96 Å². The average molecular weight is 428 g/mol. The van der Waals surface area contributed by atoms with Gasteiger partial charge in [-0.25, -0.2) is 4.98 Å². The first-order valence-corrected chi connectivity index (χ1v) is 11.3. The number of hydrogen-bond acceptors (Lipinski definition) is 5. The van der Waals surface area contributed by atoms with Crippen molar-refractivity contribution in [3.8, 4) is 5.75 Å². The van der Waals surface area contributed by atoms with Crippen molar-refractivity contribution in [2.75, 3.05) is 33.3 Å². The second kappa shape index (κ2) is 11.2. The number of nitrogens with zero attached hydrogens (tertiary/aromatic N) is 3. The van der Waals surface area contributed by atoms with E-state index in [-0.39, 0.29) is 0 Å². The zero-order valence-corrected chi connectivity index (χ0v) is 19.6. The Hall–Kier alpha value is -2.54. The van der Waals surface area contributed by atoms with Crippen molar-refractivity contribution in [1.82, 2.24) is 20.5 Å². The normalized spacial score (nSPS) is 15.8. The summed E-state index contributed by atoms with van der Waals surface area (Å²) in [6.45, 7) is 13.3. The molecular weight excluding hydrogens is 390 g/mol. The number of likely N-dealkylation sites (tertiary alicyclic amines) is 1. The molecule has 170 valence electrons. The minimum absolute atomic E-state index is 0.640. The fourth-order valence-electron chi connectivity index (χ4n) is 3.89. The molecule has 1 saturated heterocycles. The maximum absolute atomic E-state index is 5.78. The predicted octanol–water partition coefficient (Wildman–Crippen LogP) is 3.58. The van der Waals surface area contributed by atoms with E-state index in [1.54, 1.807) is 0 Å². The number of guanidine groups is 1. The number of aryl methyl sites for hydroxylation is 3. The van der Waals surface area contributed by atoms with Crippen LogP contribution < -0.4 is 15.4 Å². The molecule has 2 N–H and O–H groups in total. The van der Waals surface area contributed by atoms with Crippen LogP contribution in [0.25, 0.3) is 0 Å². The van der Waals surface area contributed by atoms with Crippen molar-refractivity contribution in [3.63, 3.8) is 0 Å². The standard InChI is InChI=1S/C24H37N5O2/c1-6-30-22-13-17(2)7-8-21(22)15-27-24(25-5)26-14-20-9-11-29(12-10-20)16-23-28-18(3)19(4)31-23/h7-8,13,20H,6,9-12,14-16H2,1-5H3,(H2,25,26,27). The van der Waals surface area contributed by atoms with Crippen molar-refractivity contribution in [2.24, 2.45) is 10.9 Å². The summed E-state index contributed by atoms with van der Waals surface area (Å²) in [7, 11) is 1.82. The maximum Gasteiger partial charge on any atom is 0.208 e. The van der Waals surface area contributed by atoms with E-state index < -0.39 is 0 Å². The Kier molecular flexibility index (Phi) is 8.35. The Morgan fingerprint density at radius 1 is 1.23 bits per heavy atom. The van der Waals surface area contributed by atoms with Crippen LogP contribution in [0.1, 0.15) is 48.2 Å². The Morgan fingerprint density at radius 3 is 2.65 bits per heavy atom. The van der Waals surface area contributed by atoms with Crippen LogP contribution in [0.15, 0.2) is 27.6 Å². The highest BCUT2D eigenvalue weighted by Gasteiger charge is 2.21. The van der Waals surface area contributed by atoms with Crippen molar-refractivity contribution < 1.29 is 9.15 Å². The highest BCUT2D eigenvalue weighted by atomic mass is 16.5. The highest BCUT2D eigenvalue weighted by molar-refractivity contribution is 5.79. The molecule has 1 aromatic carbocycles. The summed E-state index contributed by atoms with van der Waals surface area (Å²) in [5.74, 6) is 4.16. The van der Waals surface area contributed by atoms with Gasteiger partial charge < -0.3 is 19.8 Å². The Balaban J connectivity index is 1.41. The molecule has 1 fully saturated rings. The second-order valence-corrected chi connectivity index (χ2v) is 8.32. The van der Waals surface area contributed by atoms with Crippen LogP contribution in [-0.2, 0) is 13.1 Å². The number of benzene rings is 1. The van der Waals surface area contributed by atoms with E-state index in [2.05, 4.69) is 50.6 Å². The summed E-state index contributed by atoms with van der Waals surface area (Å²) in [4.78, 5) is 11.3.